The first-order valence-electron chi connectivity index (χ1n) is 8.37. The summed E-state index contributed by atoms with van der Waals surface area (Å²) < 4.78 is 49.0. The van der Waals surface area contributed by atoms with Gasteiger partial charge in [-0.1, -0.05) is 31.9 Å². The Labute approximate surface area is 140 Å². The smallest absolute Gasteiger partial charge is 0.353 e. The fraction of sp³-hybridized carbons (Fsp3) is 0.611. The van der Waals surface area contributed by atoms with Crippen LogP contribution in [0.3, 0.4) is 0 Å². The van der Waals surface area contributed by atoms with Crippen LogP contribution >= 0.6 is 0 Å². The monoisotopic (exact) mass is 344 g/mol. The number of hydrogen-bond acceptors (Lipinski definition) is 3. The van der Waals surface area contributed by atoms with Gasteiger partial charge in [0.05, 0.1) is 18.3 Å². The molecule has 2 rings (SSSR count). The van der Waals surface area contributed by atoms with Crippen LogP contribution < -0.4 is 0 Å². The highest BCUT2D eigenvalue weighted by atomic mass is 19.4. The first-order chi connectivity index (χ1) is 11.4. The predicted octanol–water partition coefficient (Wildman–Crippen LogP) is 4.99. The highest BCUT2D eigenvalue weighted by Crippen LogP contribution is 2.29. The van der Waals surface area contributed by atoms with Crippen molar-refractivity contribution in [2.45, 2.75) is 64.0 Å². The van der Waals surface area contributed by atoms with E-state index in [1.165, 1.54) is 12.1 Å². The molecule has 2 atom stereocenters. The minimum absolute atomic E-state index is 0.166. The van der Waals surface area contributed by atoms with E-state index in [4.69, 9.17) is 9.47 Å². The molecule has 1 saturated heterocycles. The fourth-order valence-corrected chi connectivity index (χ4v) is 2.69. The largest absolute Gasteiger partial charge is 0.416 e. The van der Waals surface area contributed by atoms with Crippen molar-refractivity contribution < 1.29 is 27.4 Å². The maximum absolute atomic E-state index is 12.5. The lowest BCUT2D eigenvalue weighted by molar-refractivity contribution is -0.213. The Kier molecular flexibility index (Phi) is 6.80. The normalized spacial score (nSPS) is 21.7. The van der Waals surface area contributed by atoms with Crippen molar-refractivity contribution in [1.29, 1.82) is 0 Å². The molecule has 1 aromatic rings. The maximum Gasteiger partial charge on any atom is 0.416 e. The summed E-state index contributed by atoms with van der Waals surface area (Å²) in [5, 5.41) is 0. The Bertz CT molecular complexity index is 525. The number of carbonyl (C=O) groups is 1. The van der Waals surface area contributed by atoms with Crippen LogP contribution in [0.4, 0.5) is 13.2 Å². The van der Waals surface area contributed by atoms with Crippen LogP contribution in [0.15, 0.2) is 24.3 Å². The second kappa shape index (κ2) is 8.62. The minimum Gasteiger partial charge on any atom is -0.353 e. The van der Waals surface area contributed by atoms with Gasteiger partial charge in [-0.3, -0.25) is 4.79 Å². The average molecular weight is 344 g/mol. The number of carbonyl (C=O) groups excluding carboxylic acids is 1. The minimum atomic E-state index is -4.39. The molecule has 0 radical (unpaired) electrons. The first kappa shape index (κ1) is 18.9. The molecule has 0 unspecified atom stereocenters. The topological polar surface area (TPSA) is 35.5 Å². The number of ketones is 1. The highest BCUT2D eigenvalue weighted by Gasteiger charge is 2.30. The van der Waals surface area contributed by atoms with Gasteiger partial charge in [0.1, 0.15) is 0 Å². The average Bonchev–Trinajstić information content (AvgIpc) is 2.55. The third-order valence-corrected chi connectivity index (χ3v) is 4.08. The van der Waals surface area contributed by atoms with E-state index in [1.807, 2.05) is 0 Å². The van der Waals surface area contributed by atoms with Crippen molar-refractivity contribution >= 4 is 5.78 Å². The fourth-order valence-electron chi connectivity index (χ4n) is 2.69. The van der Waals surface area contributed by atoms with Gasteiger partial charge >= 0.3 is 6.18 Å². The Hall–Kier alpha value is -1.40. The lowest BCUT2D eigenvalue weighted by atomic mass is 10.0. The van der Waals surface area contributed by atoms with Crippen molar-refractivity contribution in [3.8, 4) is 0 Å². The molecule has 1 heterocycles. The Morgan fingerprint density at radius 3 is 2.54 bits per heavy atom. The molecule has 1 aromatic carbocycles. The second-order valence-electron chi connectivity index (χ2n) is 6.05. The van der Waals surface area contributed by atoms with Crippen LogP contribution in [-0.4, -0.2) is 24.8 Å². The summed E-state index contributed by atoms with van der Waals surface area (Å²) in [6.07, 6.45) is -0.0800. The number of unbranched alkanes of at least 4 members (excludes halogenated alkanes) is 2. The summed E-state index contributed by atoms with van der Waals surface area (Å²) in [5.41, 5.74) is -0.474. The third-order valence-electron chi connectivity index (χ3n) is 4.08. The van der Waals surface area contributed by atoms with Gasteiger partial charge in [0.2, 0.25) is 0 Å². The number of ether oxygens (including phenoxy) is 2. The highest BCUT2D eigenvalue weighted by molar-refractivity contribution is 5.96. The molecule has 3 nitrogen and oxygen atoms in total. The molecule has 0 bridgehead atoms. The Morgan fingerprint density at radius 2 is 1.92 bits per heavy atom. The zero-order chi connectivity index (χ0) is 17.6. The number of hydrogen-bond donors (Lipinski definition) is 0. The first-order valence-corrected chi connectivity index (χ1v) is 8.37. The van der Waals surface area contributed by atoms with Gasteiger partial charge in [0.25, 0.3) is 0 Å². The van der Waals surface area contributed by atoms with E-state index in [1.54, 1.807) is 0 Å². The molecule has 0 saturated carbocycles. The molecule has 0 aliphatic carbocycles. The van der Waals surface area contributed by atoms with Crippen LogP contribution in [0.25, 0.3) is 0 Å². The SMILES string of the molecule is CCCCC[C@@H]1OCC[C@H](CC(=O)c2ccc(C(F)(F)F)cc2)O1. The van der Waals surface area contributed by atoms with Crippen LogP contribution in [0, 0.1) is 0 Å². The van der Waals surface area contributed by atoms with Crippen LogP contribution in [0.1, 0.15) is 61.4 Å². The molecular weight excluding hydrogens is 321 g/mol. The molecule has 6 heteroatoms. The molecular formula is C18H23F3O3. The second-order valence-corrected chi connectivity index (χ2v) is 6.05. The number of halogens is 3. The molecule has 0 spiro atoms. The zero-order valence-corrected chi connectivity index (χ0v) is 13.8. The summed E-state index contributed by atoms with van der Waals surface area (Å²) in [6, 6.07) is 4.32. The standard InChI is InChI=1S/C18H23F3O3/c1-2-3-4-5-17-23-11-10-15(24-17)12-16(22)13-6-8-14(9-7-13)18(19,20)21/h6-9,15,17H,2-5,10-12H2,1H3/t15-,17-/m1/s1. The number of alkyl halides is 3. The molecule has 1 aliphatic rings. The quantitative estimate of drug-likeness (QED) is 0.516. The van der Waals surface area contributed by atoms with Crippen LogP contribution in [0.2, 0.25) is 0 Å². The molecule has 1 aliphatic heterocycles. The van der Waals surface area contributed by atoms with Crippen LogP contribution in [-0.2, 0) is 15.7 Å². The molecule has 0 N–H and O–H groups in total. The van der Waals surface area contributed by atoms with Crippen molar-refractivity contribution in [2.75, 3.05) is 6.61 Å². The van der Waals surface area contributed by atoms with Gasteiger partial charge in [0, 0.05) is 12.0 Å². The summed E-state index contributed by atoms with van der Waals surface area (Å²) in [4.78, 5) is 12.2. The summed E-state index contributed by atoms with van der Waals surface area (Å²) in [5.74, 6) is -0.206. The van der Waals surface area contributed by atoms with Crippen molar-refractivity contribution in [2.24, 2.45) is 0 Å². The summed E-state index contributed by atoms with van der Waals surface area (Å²) in [6.45, 7) is 2.66. The molecule has 0 aromatic heterocycles. The lowest BCUT2D eigenvalue weighted by Crippen LogP contribution is -2.33. The van der Waals surface area contributed by atoms with Crippen molar-refractivity contribution in [1.82, 2.24) is 0 Å². The van der Waals surface area contributed by atoms with Gasteiger partial charge in [-0.2, -0.15) is 13.2 Å². The Balaban J connectivity index is 1.87. The maximum atomic E-state index is 12.5. The summed E-state index contributed by atoms with van der Waals surface area (Å²) in [7, 11) is 0. The Morgan fingerprint density at radius 1 is 1.21 bits per heavy atom. The van der Waals surface area contributed by atoms with Crippen molar-refractivity contribution in [3.05, 3.63) is 35.4 Å². The predicted molar refractivity (Wildman–Crippen MR) is 83.8 cm³/mol. The number of benzene rings is 1. The van der Waals surface area contributed by atoms with E-state index in [9.17, 15) is 18.0 Å². The molecule has 0 amide bonds. The molecule has 24 heavy (non-hydrogen) atoms. The van der Waals surface area contributed by atoms with E-state index in [2.05, 4.69) is 6.92 Å². The van der Waals surface area contributed by atoms with Gasteiger partial charge in [-0.25, -0.2) is 0 Å². The van der Waals surface area contributed by atoms with Gasteiger partial charge < -0.3 is 9.47 Å². The van der Waals surface area contributed by atoms with E-state index < -0.39 is 11.7 Å². The van der Waals surface area contributed by atoms with Crippen LogP contribution in [0.5, 0.6) is 0 Å². The van der Waals surface area contributed by atoms with E-state index >= 15 is 0 Å². The third kappa shape index (κ3) is 5.60. The van der Waals surface area contributed by atoms with E-state index in [-0.39, 0.29) is 30.2 Å². The van der Waals surface area contributed by atoms with Crippen molar-refractivity contribution in [3.63, 3.8) is 0 Å². The molecule has 1 fully saturated rings. The zero-order valence-electron chi connectivity index (χ0n) is 13.8. The number of rotatable bonds is 7. The van der Waals surface area contributed by atoms with Gasteiger partial charge in [0.15, 0.2) is 12.1 Å². The lowest BCUT2D eigenvalue weighted by Gasteiger charge is -2.30. The number of Topliss-reactive ketones (excluding diaryl/α,β-unsaturated/α-hetero) is 1. The van der Waals surface area contributed by atoms with E-state index in [0.29, 0.717) is 13.0 Å². The van der Waals surface area contributed by atoms with Gasteiger partial charge in [-0.05, 0) is 31.4 Å². The summed E-state index contributed by atoms with van der Waals surface area (Å²) >= 11 is 0. The van der Waals surface area contributed by atoms with Gasteiger partial charge in [-0.15, -0.1) is 0 Å². The molecule has 134 valence electrons. The van der Waals surface area contributed by atoms with E-state index in [0.717, 1.165) is 37.8 Å².